The molecule has 0 aliphatic carbocycles. The molecule has 0 aliphatic rings. The highest BCUT2D eigenvalue weighted by molar-refractivity contribution is 7.21. The quantitative estimate of drug-likeness (QED) is 0.367. The fraction of sp³-hybridized carbons (Fsp3) is 0.0588. The summed E-state index contributed by atoms with van der Waals surface area (Å²) in [4.78, 5) is 33.8. The number of nitro benzene ring substituents is 1. The number of nitrogens with one attached hydrogen (secondary N) is 1. The van der Waals surface area contributed by atoms with Gasteiger partial charge in [0, 0.05) is 21.8 Å². The molecule has 2 aromatic carbocycles. The summed E-state index contributed by atoms with van der Waals surface area (Å²) in [5.74, 6) is -3.22. The van der Waals surface area contributed by atoms with Crippen molar-refractivity contribution in [3.05, 3.63) is 68.0 Å². The lowest BCUT2D eigenvalue weighted by Gasteiger charge is -2.06. The Morgan fingerprint density at radius 2 is 1.96 bits per heavy atom. The van der Waals surface area contributed by atoms with Crippen LogP contribution in [0.15, 0.2) is 36.4 Å². The van der Waals surface area contributed by atoms with Crippen molar-refractivity contribution in [3.63, 3.8) is 0 Å². The third-order valence-corrected chi connectivity index (χ3v) is 5.18. The second-order valence-electron chi connectivity index (χ2n) is 5.43. The molecule has 1 heterocycles. The molecule has 0 radical (unpaired) electrons. The second-order valence-corrected chi connectivity index (χ2v) is 6.86. The fourth-order valence-corrected chi connectivity index (χ4v) is 3.72. The second kappa shape index (κ2) is 7.87. The van der Waals surface area contributed by atoms with E-state index in [4.69, 9.17) is 16.3 Å². The van der Waals surface area contributed by atoms with Gasteiger partial charge in [-0.25, -0.2) is 9.18 Å². The van der Waals surface area contributed by atoms with Crippen LogP contribution in [0.1, 0.15) is 9.67 Å². The molecule has 144 valence electrons. The zero-order valence-corrected chi connectivity index (χ0v) is 15.3. The van der Waals surface area contributed by atoms with Crippen LogP contribution in [-0.2, 0) is 9.53 Å². The summed E-state index contributed by atoms with van der Waals surface area (Å²) >= 11 is 7.01. The van der Waals surface area contributed by atoms with Crippen LogP contribution < -0.4 is 5.32 Å². The lowest BCUT2D eigenvalue weighted by Crippen LogP contribution is -2.20. The molecule has 0 aliphatic heterocycles. The van der Waals surface area contributed by atoms with Gasteiger partial charge in [0.15, 0.2) is 6.61 Å². The van der Waals surface area contributed by atoms with Crippen LogP contribution in [0.25, 0.3) is 10.1 Å². The molecule has 0 unspecified atom stereocenters. The van der Waals surface area contributed by atoms with Gasteiger partial charge in [-0.05, 0) is 30.3 Å². The Labute approximate surface area is 164 Å². The largest absolute Gasteiger partial charge is 0.451 e. The minimum Gasteiger partial charge on any atom is -0.451 e. The van der Waals surface area contributed by atoms with Gasteiger partial charge in [-0.2, -0.15) is 4.39 Å². The normalized spacial score (nSPS) is 10.7. The molecule has 0 saturated carbocycles. The zero-order valence-electron chi connectivity index (χ0n) is 13.7. The number of halogens is 3. The molecule has 0 bridgehead atoms. The summed E-state index contributed by atoms with van der Waals surface area (Å²) in [7, 11) is 0. The van der Waals surface area contributed by atoms with Gasteiger partial charge < -0.3 is 10.1 Å². The van der Waals surface area contributed by atoms with Crippen LogP contribution in [0, 0.1) is 21.7 Å². The number of nitro groups is 1. The van der Waals surface area contributed by atoms with E-state index in [0.717, 1.165) is 29.5 Å². The number of hydrogen-bond donors (Lipinski definition) is 1. The minimum absolute atomic E-state index is 0.00693. The Balaban J connectivity index is 1.66. The van der Waals surface area contributed by atoms with Crippen molar-refractivity contribution >= 4 is 56.3 Å². The Kier molecular flexibility index (Phi) is 5.52. The van der Waals surface area contributed by atoms with Crippen LogP contribution in [0.3, 0.4) is 0 Å². The molecule has 11 heteroatoms. The molecule has 28 heavy (non-hydrogen) atoms. The first-order valence-electron chi connectivity index (χ1n) is 7.54. The number of nitrogens with zero attached hydrogens (tertiary/aromatic N) is 1. The number of benzene rings is 2. The molecule has 3 rings (SSSR count). The van der Waals surface area contributed by atoms with Crippen molar-refractivity contribution in [2.75, 3.05) is 11.9 Å². The van der Waals surface area contributed by atoms with Gasteiger partial charge in [-0.3, -0.25) is 14.9 Å². The SMILES string of the molecule is O=C(COC(=O)c1sc2cc(F)ccc2c1Cl)Nc1ccc(F)c([N+](=O)[O-])c1. The lowest BCUT2D eigenvalue weighted by atomic mass is 10.2. The van der Waals surface area contributed by atoms with Gasteiger partial charge in [-0.15, -0.1) is 11.3 Å². The molecule has 0 fully saturated rings. The van der Waals surface area contributed by atoms with Gasteiger partial charge >= 0.3 is 11.7 Å². The number of hydrogen-bond acceptors (Lipinski definition) is 6. The highest BCUT2D eigenvalue weighted by Crippen LogP contribution is 2.36. The molecule has 1 N–H and O–H groups in total. The number of thiophene rings is 1. The van der Waals surface area contributed by atoms with Crippen molar-refractivity contribution in [3.8, 4) is 0 Å². The fourth-order valence-electron chi connectivity index (χ4n) is 2.29. The van der Waals surface area contributed by atoms with Crippen molar-refractivity contribution in [2.24, 2.45) is 0 Å². The zero-order chi connectivity index (χ0) is 20.4. The van der Waals surface area contributed by atoms with E-state index >= 15 is 0 Å². The molecule has 1 aromatic heterocycles. The topological polar surface area (TPSA) is 98.5 Å². The van der Waals surface area contributed by atoms with E-state index in [1.807, 2.05) is 0 Å². The number of esters is 1. The molecule has 1 amide bonds. The van der Waals surface area contributed by atoms with E-state index in [2.05, 4.69) is 5.32 Å². The lowest BCUT2D eigenvalue weighted by molar-refractivity contribution is -0.387. The Morgan fingerprint density at radius 3 is 2.68 bits per heavy atom. The number of carbonyl (C=O) groups is 2. The highest BCUT2D eigenvalue weighted by Gasteiger charge is 2.20. The van der Waals surface area contributed by atoms with Crippen LogP contribution in [0.4, 0.5) is 20.2 Å². The maximum Gasteiger partial charge on any atom is 0.350 e. The van der Waals surface area contributed by atoms with E-state index in [1.54, 1.807) is 0 Å². The standard InChI is InChI=1S/C17H9ClF2N2O5S/c18-15-10-3-1-8(19)5-13(10)28-16(15)17(24)27-7-14(23)21-9-2-4-11(20)12(6-9)22(25)26/h1-6H,7H2,(H,21,23). The van der Waals surface area contributed by atoms with Crippen molar-refractivity contribution < 1.29 is 28.0 Å². The maximum atomic E-state index is 13.3. The van der Waals surface area contributed by atoms with Gasteiger partial charge in [0.2, 0.25) is 5.82 Å². The van der Waals surface area contributed by atoms with E-state index in [1.165, 1.54) is 18.2 Å². The monoisotopic (exact) mass is 426 g/mol. The number of anilines is 1. The Bertz CT molecular complexity index is 1120. The summed E-state index contributed by atoms with van der Waals surface area (Å²) in [6, 6.07) is 6.64. The van der Waals surface area contributed by atoms with Crippen molar-refractivity contribution in [2.45, 2.75) is 0 Å². The van der Waals surface area contributed by atoms with E-state index < -0.39 is 40.7 Å². The molecular formula is C17H9ClF2N2O5S. The van der Waals surface area contributed by atoms with Crippen LogP contribution in [-0.4, -0.2) is 23.4 Å². The van der Waals surface area contributed by atoms with Crippen molar-refractivity contribution in [1.82, 2.24) is 0 Å². The summed E-state index contributed by atoms with van der Waals surface area (Å²) in [6.07, 6.45) is 0. The summed E-state index contributed by atoms with van der Waals surface area (Å²) < 4.78 is 31.9. The van der Waals surface area contributed by atoms with Gasteiger partial charge in [0.05, 0.1) is 9.95 Å². The summed E-state index contributed by atoms with van der Waals surface area (Å²) in [5.41, 5.74) is -0.844. The van der Waals surface area contributed by atoms with Crippen LogP contribution in [0.2, 0.25) is 5.02 Å². The highest BCUT2D eigenvalue weighted by atomic mass is 35.5. The molecule has 0 saturated heterocycles. The number of amides is 1. The number of carbonyl (C=O) groups excluding carboxylic acids is 2. The first kappa shape index (κ1) is 19.6. The molecule has 3 aromatic rings. The first-order chi connectivity index (χ1) is 13.3. The van der Waals surface area contributed by atoms with Gasteiger partial charge in [0.25, 0.3) is 5.91 Å². The average Bonchev–Trinajstić information content (AvgIpc) is 2.97. The summed E-state index contributed by atoms with van der Waals surface area (Å²) in [5, 5.41) is 13.5. The van der Waals surface area contributed by atoms with Crippen LogP contribution in [0.5, 0.6) is 0 Å². The number of fused-ring (bicyclic) bond motifs is 1. The van der Waals surface area contributed by atoms with Crippen LogP contribution >= 0.6 is 22.9 Å². The predicted molar refractivity (Wildman–Crippen MR) is 98.8 cm³/mol. The minimum atomic E-state index is -1.05. The van der Waals surface area contributed by atoms with E-state index in [-0.39, 0.29) is 15.6 Å². The van der Waals surface area contributed by atoms with E-state index in [0.29, 0.717) is 10.1 Å². The Morgan fingerprint density at radius 1 is 1.21 bits per heavy atom. The Hall–Kier alpha value is -3.11. The smallest absolute Gasteiger partial charge is 0.350 e. The molecule has 0 spiro atoms. The molecule has 0 atom stereocenters. The third kappa shape index (κ3) is 4.07. The van der Waals surface area contributed by atoms with Gasteiger partial charge in [-0.1, -0.05) is 11.6 Å². The molecular weight excluding hydrogens is 418 g/mol. The first-order valence-corrected chi connectivity index (χ1v) is 8.74. The number of rotatable bonds is 5. The van der Waals surface area contributed by atoms with Gasteiger partial charge in [0.1, 0.15) is 10.7 Å². The average molecular weight is 427 g/mol. The third-order valence-electron chi connectivity index (χ3n) is 3.54. The summed E-state index contributed by atoms with van der Waals surface area (Å²) in [6.45, 7) is -0.705. The van der Waals surface area contributed by atoms with E-state index in [9.17, 15) is 28.5 Å². The molecule has 7 nitrogen and oxygen atoms in total. The predicted octanol–water partition coefficient (Wildman–Crippen LogP) is 4.54. The van der Waals surface area contributed by atoms with Crippen molar-refractivity contribution in [1.29, 1.82) is 0 Å². The number of ether oxygens (including phenoxy) is 1. The maximum absolute atomic E-state index is 13.3.